The summed E-state index contributed by atoms with van der Waals surface area (Å²) in [5, 5.41) is 11.3. The van der Waals surface area contributed by atoms with Crippen molar-refractivity contribution in [3.05, 3.63) is 21.4 Å². The van der Waals surface area contributed by atoms with Gasteiger partial charge in [0.05, 0.1) is 11.3 Å². The molecule has 0 aliphatic heterocycles. The molecule has 0 aromatic carbocycles. The highest BCUT2D eigenvalue weighted by Crippen LogP contribution is 2.22. The van der Waals surface area contributed by atoms with E-state index in [-0.39, 0.29) is 12.3 Å². The fourth-order valence-electron chi connectivity index (χ4n) is 1.23. The van der Waals surface area contributed by atoms with Gasteiger partial charge in [0.15, 0.2) is 0 Å². The quantitative estimate of drug-likeness (QED) is 0.569. The van der Waals surface area contributed by atoms with Crippen LogP contribution in [0.15, 0.2) is 6.07 Å². The first-order valence-corrected chi connectivity index (χ1v) is 9.12. The summed E-state index contributed by atoms with van der Waals surface area (Å²) in [6.07, 6.45) is 0.178. The molecule has 0 radical (unpaired) electrons. The molecule has 1 rings (SSSR count). The number of aryl methyl sites for hydroxylation is 2. The Bertz CT molecular complexity index is 426. The Balaban J connectivity index is 2.12. The predicted molar refractivity (Wildman–Crippen MR) is 83.3 cm³/mol. The van der Waals surface area contributed by atoms with Gasteiger partial charge in [0.1, 0.15) is 0 Å². The Kier molecular flexibility index (Phi) is 7.33. The van der Waals surface area contributed by atoms with Gasteiger partial charge in [0, 0.05) is 22.9 Å². The highest BCUT2D eigenvalue weighted by molar-refractivity contribution is 8.76. The number of carboxylic acid groups (broad SMARTS) is 1. The fraction of sp³-hybridized carbons (Fsp3) is 0.500. The molecule has 0 spiro atoms. The van der Waals surface area contributed by atoms with Crippen LogP contribution in [0.3, 0.4) is 0 Å². The van der Waals surface area contributed by atoms with Gasteiger partial charge in [0.25, 0.3) is 5.91 Å². The van der Waals surface area contributed by atoms with Crippen molar-refractivity contribution in [3.8, 4) is 0 Å². The van der Waals surface area contributed by atoms with E-state index < -0.39 is 5.97 Å². The third-order valence-electron chi connectivity index (χ3n) is 2.34. The lowest BCUT2D eigenvalue weighted by atomic mass is 10.3. The summed E-state index contributed by atoms with van der Waals surface area (Å²) in [5.41, 5.74) is 1.15. The molecule has 106 valence electrons. The number of carbonyl (C=O) groups is 2. The predicted octanol–water partition coefficient (Wildman–Crippen LogP) is 2.95. The molecule has 4 nitrogen and oxygen atoms in total. The molecule has 1 aromatic rings. The van der Waals surface area contributed by atoms with Crippen molar-refractivity contribution in [1.29, 1.82) is 0 Å². The summed E-state index contributed by atoms with van der Waals surface area (Å²) in [4.78, 5) is 24.0. The number of nitrogens with one attached hydrogen (secondary N) is 1. The van der Waals surface area contributed by atoms with Gasteiger partial charge in [-0.3, -0.25) is 9.59 Å². The molecule has 0 aliphatic rings. The molecule has 19 heavy (non-hydrogen) atoms. The lowest BCUT2D eigenvalue weighted by molar-refractivity contribution is -0.136. The van der Waals surface area contributed by atoms with Gasteiger partial charge >= 0.3 is 5.97 Å². The van der Waals surface area contributed by atoms with E-state index in [2.05, 4.69) is 5.32 Å². The van der Waals surface area contributed by atoms with Crippen LogP contribution in [-0.2, 0) is 4.79 Å². The zero-order chi connectivity index (χ0) is 14.3. The van der Waals surface area contributed by atoms with Gasteiger partial charge in [0.2, 0.25) is 0 Å². The molecule has 0 saturated heterocycles. The van der Waals surface area contributed by atoms with Crippen LogP contribution in [0.5, 0.6) is 0 Å². The number of rotatable bonds is 8. The molecule has 0 saturated carbocycles. The van der Waals surface area contributed by atoms with Gasteiger partial charge in [-0.15, -0.1) is 11.3 Å². The lowest BCUT2D eigenvalue weighted by Crippen LogP contribution is -2.24. The SMILES string of the molecule is Cc1cc(C(=O)NCCSSCCC(=O)O)sc1C. The molecule has 2 N–H and O–H groups in total. The maximum atomic E-state index is 11.8. The van der Waals surface area contributed by atoms with Crippen molar-refractivity contribution < 1.29 is 14.7 Å². The molecule has 7 heteroatoms. The van der Waals surface area contributed by atoms with Gasteiger partial charge in [-0.25, -0.2) is 0 Å². The van der Waals surface area contributed by atoms with Gasteiger partial charge < -0.3 is 10.4 Å². The van der Waals surface area contributed by atoms with E-state index in [1.807, 2.05) is 19.9 Å². The third-order valence-corrected chi connectivity index (χ3v) is 5.90. The third kappa shape index (κ3) is 6.35. The van der Waals surface area contributed by atoms with Crippen molar-refractivity contribution >= 4 is 44.8 Å². The first-order chi connectivity index (χ1) is 9.00. The van der Waals surface area contributed by atoms with E-state index in [1.54, 1.807) is 10.8 Å². The number of hydrogen-bond acceptors (Lipinski definition) is 5. The summed E-state index contributed by atoms with van der Waals surface area (Å²) in [6, 6.07) is 1.91. The van der Waals surface area contributed by atoms with Crippen LogP contribution in [0.25, 0.3) is 0 Å². The maximum Gasteiger partial charge on any atom is 0.304 e. The minimum absolute atomic E-state index is 0.0302. The van der Waals surface area contributed by atoms with Crippen molar-refractivity contribution in [2.75, 3.05) is 18.1 Å². The van der Waals surface area contributed by atoms with Crippen LogP contribution in [0.1, 0.15) is 26.5 Å². The molecule has 0 fully saturated rings. The monoisotopic (exact) mass is 319 g/mol. The zero-order valence-electron chi connectivity index (χ0n) is 10.9. The highest BCUT2D eigenvalue weighted by Gasteiger charge is 2.09. The average Bonchev–Trinajstić information content (AvgIpc) is 2.68. The second-order valence-electron chi connectivity index (χ2n) is 3.89. The van der Waals surface area contributed by atoms with E-state index in [0.717, 1.165) is 16.2 Å². The van der Waals surface area contributed by atoms with E-state index >= 15 is 0 Å². The normalized spacial score (nSPS) is 10.4. The molecule has 0 bridgehead atoms. The molecule has 0 atom stereocenters. The van der Waals surface area contributed by atoms with Crippen molar-refractivity contribution in [2.24, 2.45) is 0 Å². The van der Waals surface area contributed by atoms with Gasteiger partial charge in [-0.1, -0.05) is 21.6 Å². The molecule has 0 unspecified atom stereocenters. The Morgan fingerprint density at radius 1 is 1.32 bits per heavy atom. The number of aliphatic carboxylic acids is 1. The average molecular weight is 319 g/mol. The van der Waals surface area contributed by atoms with Crippen molar-refractivity contribution in [1.82, 2.24) is 5.32 Å². The second-order valence-corrected chi connectivity index (χ2v) is 7.85. The van der Waals surface area contributed by atoms with Crippen LogP contribution >= 0.6 is 32.9 Å². The Hall–Kier alpha value is -0.660. The molecular formula is C12H17NO3S3. The number of thiophene rings is 1. The summed E-state index contributed by atoms with van der Waals surface area (Å²) in [5.74, 6) is 0.568. The molecular weight excluding hydrogens is 302 g/mol. The summed E-state index contributed by atoms with van der Waals surface area (Å²) in [7, 11) is 3.11. The largest absolute Gasteiger partial charge is 0.481 e. The van der Waals surface area contributed by atoms with Crippen LogP contribution in [0, 0.1) is 13.8 Å². The van der Waals surface area contributed by atoms with Crippen molar-refractivity contribution in [2.45, 2.75) is 20.3 Å². The highest BCUT2D eigenvalue weighted by atomic mass is 33.1. The second kappa shape index (κ2) is 8.50. The fourth-order valence-corrected chi connectivity index (χ4v) is 4.06. The zero-order valence-corrected chi connectivity index (χ0v) is 13.3. The Morgan fingerprint density at radius 2 is 2.00 bits per heavy atom. The minimum atomic E-state index is -0.773. The summed E-state index contributed by atoms with van der Waals surface area (Å²) in [6.45, 7) is 4.60. The Labute approximate surface area is 124 Å². The maximum absolute atomic E-state index is 11.8. The van der Waals surface area contributed by atoms with E-state index in [9.17, 15) is 9.59 Å². The van der Waals surface area contributed by atoms with Gasteiger partial charge in [-0.05, 0) is 25.5 Å². The minimum Gasteiger partial charge on any atom is -0.481 e. The molecule has 1 aromatic heterocycles. The van der Waals surface area contributed by atoms with Crippen LogP contribution < -0.4 is 5.32 Å². The first-order valence-electron chi connectivity index (χ1n) is 5.82. The number of hydrogen-bond donors (Lipinski definition) is 2. The number of carboxylic acids is 1. The smallest absolute Gasteiger partial charge is 0.304 e. The first kappa shape index (κ1) is 16.4. The van der Waals surface area contributed by atoms with Crippen LogP contribution in [0.2, 0.25) is 0 Å². The van der Waals surface area contributed by atoms with E-state index in [1.165, 1.54) is 27.0 Å². The van der Waals surface area contributed by atoms with Gasteiger partial charge in [-0.2, -0.15) is 0 Å². The van der Waals surface area contributed by atoms with E-state index in [0.29, 0.717) is 12.3 Å². The molecule has 1 amide bonds. The Morgan fingerprint density at radius 3 is 2.58 bits per heavy atom. The molecule has 1 heterocycles. The lowest BCUT2D eigenvalue weighted by Gasteiger charge is -2.02. The summed E-state index contributed by atoms with van der Waals surface area (Å²) < 4.78 is 0. The van der Waals surface area contributed by atoms with Crippen LogP contribution in [-0.4, -0.2) is 35.0 Å². The molecule has 0 aliphatic carbocycles. The number of amides is 1. The number of carbonyl (C=O) groups excluding carboxylic acids is 1. The summed E-state index contributed by atoms with van der Waals surface area (Å²) >= 11 is 1.51. The van der Waals surface area contributed by atoms with E-state index in [4.69, 9.17) is 5.11 Å². The standard InChI is InChI=1S/C12H17NO3S3/c1-8-7-10(19-9(8)2)12(16)13-4-6-18-17-5-3-11(14)15/h7H,3-6H2,1-2H3,(H,13,16)(H,14,15). The topological polar surface area (TPSA) is 66.4 Å². The van der Waals surface area contributed by atoms with Crippen molar-refractivity contribution in [3.63, 3.8) is 0 Å². The van der Waals surface area contributed by atoms with Crippen LogP contribution in [0.4, 0.5) is 0 Å².